The van der Waals surface area contributed by atoms with E-state index in [1.807, 2.05) is 32.0 Å². The van der Waals surface area contributed by atoms with E-state index in [9.17, 15) is 14.4 Å². The van der Waals surface area contributed by atoms with E-state index in [4.69, 9.17) is 0 Å². The average Bonchev–Trinajstić information content (AvgIpc) is 2.94. The smallest absolute Gasteiger partial charge is 0.260 e. The van der Waals surface area contributed by atoms with Crippen LogP contribution in [-0.2, 0) is 21.5 Å². The minimum atomic E-state index is -0.527. The fraction of sp³-hybridized carbons (Fsp3) is 0.400. The van der Waals surface area contributed by atoms with E-state index in [-0.39, 0.29) is 24.4 Å². The van der Waals surface area contributed by atoms with Crippen molar-refractivity contribution < 1.29 is 14.4 Å². The van der Waals surface area contributed by atoms with E-state index in [1.165, 1.54) is 0 Å². The fourth-order valence-corrected chi connectivity index (χ4v) is 2.58. The second-order valence-corrected chi connectivity index (χ2v) is 7.69. The Morgan fingerprint density at radius 2 is 1.61 bits per heavy atom. The SMILES string of the molecule is Cc1cc(C)n(CC(=O)NNC(=O)CNC(=O)c2ccc(C(C)(C)C)cc2)n1. The molecule has 0 aliphatic carbocycles. The van der Waals surface area contributed by atoms with Gasteiger partial charge in [0.25, 0.3) is 17.7 Å². The Bertz CT molecular complexity index is 863. The van der Waals surface area contributed by atoms with Crippen LogP contribution in [0.15, 0.2) is 30.3 Å². The second-order valence-electron chi connectivity index (χ2n) is 7.69. The Hall–Kier alpha value is -3.16. The summed E-state index contributed by atoms with van der Waals surface area (Å²) in [7, 11) is 0. The minimum Gasteiger partial charge on any atom is -0.343 e. The molecular weight excluding hydrogens is 358 g/mol. The molecule has 0 saturated heterocycles. The molecule has 0 bridgehead atoms. The van der Waals surface area contributed by atoms with Crippen LogP contribution in [0, 0.1) is 13.8 Å². The summed E-state index contributed by atoms with van der Waals surface area (Å²) in [5, 5.41) is 6.70. The number of amides is 3. The van der Waals surface area contributed by atoms with Crippen LogP contribution in [0.1, 0.15) is 48.1 Å². The first kappa shape index (κ1) is 21.1. The number of carbonyl (C=O) groups is 3. The van der Waals surface area contributed by atoms with Gasteiger partial charge in [0.15, 0.2) is 0 Å². The Morgan fingerprint density at radius 3 is 2.14 bits per heavy atom. The van der Waals surface area contributed by atoms with Crippen LogP contribution in [0.5, 0.6) is 0 Å². The number of hydrogen-bond donors (Lipinski definition) is 3. The van der Waals surface area contributed by atoms with Crippen molar-refractivity contribution in [2.45, 2.75) is 46.6 Å². The molecule has 1 heterocycles. The van der Waals surface area contributed by atoms with Gasteiger partial charge in [0, 0.05) is 11.3 Å². The zero-order valence-corrected chi connectivity index (χ0v) is 16.9. The standard InChI is InChI=1S/C20H27N5O3/c1-13-10-14(2)25(24-13)12-18(27)23-22-17(26)11-21-19(28)15-6-8-16(9-7-15)20(3,4)5/h6-10H,11-12H2,1-5H3,(H,21,28)(H,22,26)(H,23,27). The highest BCUT2D eigenvalue weighted by molar-refractivity contribution is 5.96. The highest BCUT2D eigenvalue weighted by Gasteiger charge is 2.15. The topological polar surface area (TPSA) is 105 Å². The van der Waals surface area contributed by atoms with Gasteiger partial charge in [0.2, 0.25) is 0 Å². The van der Waals surface area contributed by atoms with Crippen molar-refractivity contribution in [3.63, 3.8) is 0 Å². The normalized spacial score (nSPS) is 11.0. The monoisotopic (exact) mass is 385 g/mol. The summed E-state index contributed by atoms with van der Waals surface area (Å²) in [5.74, 6) is -1.30. The quantitative estimate of drug-likeness (QED) is 0.676. The molecule has 3 amide bonds. The highest BCUT2D eigenvalue weighted by Crippen LogP contribution is 2.22. The first-order chi connectivity index (χ1) is 13.1. The van der Waals surface area contributed by atoms with Crippen molar-refractivity contribution in [1.82, 2.24) is 25.9 Å². The largest absolute Gasteiger partial charge is 0.343 e. The molecule has 0 atom stereocenters. The van der Waals surface area contributed by atoms with Gasteiger partial charge in [-0.1, -0.05) is 32.9 Å². The first-order valence-corrected chi connectivity index (χ1v) is 9.04. The van der Waals surface area contributed by atoms with Gasteiger partial charge in [-0.05, 0) is 43.0 Å². The predicted molar refractivity (Wildman–Crippen MR) is 105 cm³/mol. The number of hydrazine groups is 1. The zero-order valence-electron chi connectivity index (χ0n) is 16.9. The lowest BCUT2D eigenvalue weighted by Crippen LogP contribution is -2.47. The number of aromatic nitrogens is 2. The Labute approximate surface area is 164 Å². The number of benzene rings is 1. The molecule has 0 fully saturated rings. The van der Waals surface area contributed by atoms with Gasteiger partial charge in [0.1, 0.15) is 6.54 Å². The van der Waals surface area contributed by atoms with Gasteiger partial charge in [0.05, 0.1) is 12.2 Å². The van der Waals surface area contributed by atoms with Crippen molar-refractivity contribution in [2.24, 2.45) is 0 Å². The predicted octanol–water partition coefficient (Wildman–Crippen LogP) is 1.37. The van der Waals surface area contributed by atoms with Crippen LogP contribution in [0.4, 0.5) is 0 Å². The first-order valence-electron chi connectivity index (χ1n) is 9.04. The lowest BCUT2D eigenvalue weighted by Gasteiger charge is -2.19. The van der Waals surface area contributed by atoms with Crippen LogP contribution in [0.25, 0.3) is 0 Å². The molecule has 8 nitrogen and oxygen atoms in total. The van der Waals surface area contributed by atoms with Crippen molar-refractivity contribution >= 4 is 17.7 Å². The number of aryl methyl sites for hydroxylation is 2. The Kier molecular flexibility index (Phi) is 6.56. The molecule has 0 saturated carbocycles. The van der Waals surface area contributed by atoms with Crippen molar-refractivity contribution in [3.05, 3.63) is 52.8 Å². The molecule has 8 heteroatoms. The van der Waals surface area contributed by atoms with Crippen LogP contribution in [0.3, 0.4) is 0 Å². The maximum absolute atomic E-state index is 12.1. The summed E-state index contributed by atoms with van der Waals surface area (Å²) in [4.78, 5) is 35.8. The summed E-state index contributed by atoms with van der Waals surface area (Å²) < 4.78 is 1.54. The molecule has 0 spiro atoms. The molecule has 3 N–H and O–H groups in total. The number of nitrogens with zero attached hydrogens (tertiary/aromatic N) is 2. The molecule has 28 heavy (non-hydrogen) atoms. The van der Waals surface area contributed by atoms with Crippen molar-refractivity contribution in [2.75, 3.05) is 6.54 Å². The Balaban J connectivity index is 1.76. The molecule has 1 aromatic heterocycles. The molecule has 2 aromatic rings. The van der Waals surface area contributed by atoms with Gasteiger partial charge >= 0.3 is 0 Å². The van der Waals surface area contributed by atoms with Gasteiger partial charge in [-0.2, -0.15) is 5.10 Å². The van der Waals surface area contributed by atoms with Crippen molar-refractivity contribution in [3.8, 4) is 0 Å². The summed E-state index contributed by atoms with van der Waals surface area (Å²) in [5.41, 5.74) is 7.82. The maximum Gasteiger partial charge on any atom is 0.260 e. The summed E-state index contributed by atoms with van der Waals surface area (Å²) in [6.45, 7) is 9.70. The van der Waals surface area contributed by atoms with Crippen LogP contribution in [-0.4, -0.2) is 34.0 Å². The van der Waals surface area contributed by atoms with E-state index in [0.29, 0.717) is 5.56 Å². The van der Waals surface area contributed by atoms with Crippen LogP contribution >= 0.6 is 0 Å². The molecule has 0 aliphatic rings. The third-order valence-electron chi connectivity index (χ3n) is 4.16. The molecule has 1 aromatic carbocycles. The van der Waals surface area contributed by atoms with E-state index < -0.39 is 11.8 Å². The zero-order chi connectivity index (χ0) is 20.9. The molecule has 150 valence electrons. The number of carbonyl (C=O) groups excluding carboxylic acids is 3. The van der Waals surface area contributed by atoms with Crippen LogP contribution in [0.2, 0.25) is 0 Å². The lowest BCUT2D eigenvalue weighted by atomic mass is 9.87. The lowest BCUT2D eigenvalue weighted by molar-refractivity contribution is -0.128. The summed E-state index contributed by atoms with van der Waals surface area (Å²) in [6.07, 6.45) is 0. The van der Waals surface area contributed by atoms with Crippen molar-refractivity contribution in [1.29, 1.82) is 0 Å². The third-order valence-corrected chi connectivity index (χ3v) is 4.16. The van der Waals surface area contributed by atoms with Gasteiger partial charge in [-0.15, -0.1) is 0 Å². The summed E-state index contributed by atoms with van der Waals surface area (Å²) >= 11 is 0. The minimum absolute atomic E-state index is 0.000503. The molecule has 2 rings (SSSR count). The second kappa shape index (κ2) is 8.69. The van der Waals surface area contributed by atoms with E-state index in [0.717, 1.165) is 17.0 Å². The van der Waals surface area contributed by atoms with Gasteiger partial charge < -0.3 is 5.32 Å². The molecule has 0 aliphatic heterocycles. The Morgan fingerprint density at radius 1 is 1.00 bits per heavy atom. The molecule has 0 radical (unpaired) electrons. The molecule has 0 unspecified atom stereocenters. The average molecular weight is 385 g/mol. The fourth-order valence-electron chi connectivity index (χ4n) is 2.58. The van der Waals surface area contributed by atoms with E-state index in [2.05, 4.69) is 42.0 Å². The van der Waals surface area contributed by atoms with E-state index >= 15 is 0 Å². The number of hydrogen-bond acceptors (Lipinski definition) is 4. The van der Waals surface area contributed by atoms with Gasteiger partial charge in [-0.3, -0.25) is 29.9 Å². The van der Waals surface area contributed by atoms with E-state index in [1.54, 1.807) is 16.8 Å². The third kappa shape index (κ3) is 5.94. The highest BCUT2D eigenvalue weighted by atomic mass is 16.2. The van der Waals surface area contributed by atoms with Gasteiger partial charge in [-0.25, -0.2) is 0 Å². The number of nitrogens with one attached hydrogen (secondary N) is 3. The maximum atomic E-state index is 12.1. The number of rotatable bonds is 5. The molecular formula is C20H27N5O3. The summed E-state index contributed by atoms with van der Waals surface area (Å²) in [6, 6.07) is 9.10. The van der Waals surface area contributed by atoms with Crippen LogP contribution < -0.4 is 16.2 Å².